The SMILES string of the molecule is COc1cc(OC)c(OC)cc1/C=C1/NC(=O)N(Cc2ccccc2F)C1=O. The molecule has 2 aromatic rings. The molecule has 28 heavy (non-hydrogen) atoms. The van der Waals surface area contributed by atoms with Gasteiger partial charge in [0.15, 0.2) is 11.5 Å². The van der Waals surface area contributed by atoms with Crippen LogP contribution in [0.2, 0.25) is 0 Å². The maximum Gasteiger partial charge on any atom is 0.329 e. The number of halogens is 1. The van der Waals surface area contributed by atoms with Gasteiger partial charge in [0.2, 0.25) is 0 Å². The van der Waals surface area contributed by atoms with E-state index in [1.807, 2.05) is 0 Å². The molecule has 8 heteroatoms. The Morgan fingerprint density at radius 3 is 2.29 bits per heavy atom. The van der Waals surface area contributed by atoms with Gasteiger partial charge in [0.1, 0.15) is 17.3 Å². The van der Waals surface area contributed by atoms with Gasteiger partial charge in [-0.1, -0.05) is 18.2 Å². The van der Waals surface area contributed by atoms with E-state index in [-0.39, 0.29) is 17.8 Å². The molecule has 0 atom stereocenters. The van der Waals surface area contributed by atoms with E-state index in [4.69, 9.17) is 14.2 Å². The molecule has 1 aliphatic heterocycles. The number of urea groups is 1. The lowest BCUT2D eigenvalue weighted by molar-refractivity contribution is -0.123. The maximum absolute atomic E-state index is 13.9. The second-order valence-electron chi connectivity index (χ2n) is 5.92. The van der Waals surface area contributed by atoms with Gasteiger partial charge in [-0.2, -0.15) is 0 Å². The van der Waals surface area contributed by atoms with Crippen LogP contribution >= 0.6 is 0 Å². The van der Waals surface area contributed by atoms with Crippen molar-refractivity contribution in [2.45, 2.75) is 6.54 Å². The number of imide groups is 1. The lowest BCUT2D eigenvalue weighted by Gasteiger charge is -2.13. The molecule has 1 N–H and O–H groups in total. The minimum atomic E-state index is -0.626. The van der Waals surface area contributed by atoms with Crippen molar-refractivity contribution in [3.05, 3.63) is 59.0 Å². The lowest BCUT2D eigenvalue weighted by atomic mass is 10.1. The van der Waals surface area contributed by atoms with Gasteiger partial charge in [-0.05, 0) is 18.2 Å². The first kappa shape index (κ1) is 19.2. The fourth-order valence-corrected chi connectivity index (χ4v) is 2.83. The van der Waals surface area contributed by atoms with Crippen molar-refractivity contribution < 1.29 is 28.2 Å². The van der Waals surface area contributed by atoms with E-state index in [9.17, 15) is 14.0 Å². The number of nitrogens with one attached hydrogen (secondary N) is 1. The van der Waals surface area contributed by atoms with Crippen molar-refractivity contribution in [3.63, 3.8) is 0 Å². The van der Waals surface area contributed by atoms with Crippen LogP contribution in [-0.4, -0.2) is 38.2 Å². The van der Waals surface area contributed by atoms with Gasteiger partial charge in [0.05, 0.1) is 27.9 Å². The minimum absolute atomic E-state index is 0.0480. The molecule has 1 fully saturated rings. The highest BCUT2D eigenvalue weighted by Gasteiger charge is 2.34. The van der Waals surface area contributed by atoms with Gasteiger partial charge in [-0.15, -0.1) is 0 Å². The zero-order chi connectivity index (χ0) is 20.3. The van der Waals surface area contributed by atoms with E-state index in [1.165, 1.54) is 39.5 Å². The Morgan fingerprint density at radius 1 is 1.00 bits per heavy atom. The summed E-state index contributed by atoms with van der Waals surface area (Å²) < 4.78 is 29.7. The predicted molar refractivity (Wildman–Crippen MR) is 99.6 cm³/mol. The summed E-state index contributed by atoms with van der Waals surface area (Å²) in [5.74, 6) is 0.284. The third kappa shape index (κ3) is 3.62. The van der Waals surface area contributed by atoms with Gasteiger partial charge in [0, 0.05) is 17.2 Å². The molecule has 0 bridgehead atoms. The van der Waals surface area contributed by atoms with Crippen LogP contribution in [0.3, 0.4) is 0 Å². The summed E-state index contributed by atoms with van der Waals surface area (Å²) in [6.45, 7) is -0.169. The minimum Gasteiger partial charge on any atom is -0.496 e. The first-order chi connectivity index (χ1) is 13.5. The number of amides is 3. The van der Waals surface area contributed by atoms with Crippen LogP contribution < -0.4 is 19.5 Å². The third-order valence-corrected chi connectivity index (χ3v) is 4.28. The summed E-state index contributed by atoms with van der Waals surface area (Å²) in [5.41, 5.74) is 0.805. The first-order valence-electron chi connectivity index (χ1n) is 8.36. The topological polar surface area (TPSA) is 77.1 Å². The van der Waals surface area contributed by atoms with Gasteiger partial charge in [-0.25, -0.2) is 9.18 Å². The molecule has 0 aromatic heterocycles. The van der Waals surface area contributed by atoms with Gasteiger partial charge in [0.25, 0.3) is 5.91 Å². The van der Waals surface area contributed by atoms with Crippen LogP contribution in [-0.2, 0) is 11.3 Å². The number of hydrogen-bond acceptors (Lipinski definition) is 5. The van der Waals surface area contributed by atoms with Crippen molar-refractivity contribution >= 4 is 18.0 Å². The molecule has 1 saturated heterocycles. The summed E-state index contributed by atoms with van der Waals surface area (Å²) in [6.07, 6.45) is 1.47. The number of benzene rings is 2. The molecule has 1 aliphatic rings. The molecule has 0 aliphatic carbocycles. The molecule has 3 rings (SSSR count). The molecule has 1 heterocycles. The second kappa shape index (κ2) is 7.99. The highest BCUT2D eigenvalue weighted by atomic mass is 19.1. The Morgan fingerprint density at radius 2 is 1.64 bits per heavy atom. The van der Waals surface area contributed by atoms with Crippen LogP contribution in [0.15, 0.2) is 42.1 Å². The van der Waals surface area contributed by atoms with Crippen LogP contribution in [0, 0.1) is 5.82 Å². The van der Waals surface area contributed by atoms with Crippen molar-refractivity contribution in [2.75, 3.05) is 21.3 Å². The van der Waals surface area contributed by atoms with Gasteiger partial charge >= 0.3 is 6.03 Å². The Kier molecular flexibility index (Phi) is 5.49. The number of methoxy groups -OCH3 is 3. The normalized spacial score (nSPS) is 15.0. The molecule has 2 aromatic carbocycles. The van der Waals surface area contributed by atoms with E-state index in [0.29, 0.717) is 22.8 Å². The number of carbonyl (C=O) groups is 2. The number of rotatable bonds is 6. The molecule has 0 unspecified atom stereocenters. The highest BCUT2D eigenvalue weighted by Crippen LogP contribution is 2.36. The number of ether oxygens (including phenoxy) is 3. The lowest BCUT2D eigenvalue weighted by Crippen LogP contribution is -2.30. The van der Waals surface area contributed by atoms with Crippen molar-refractivity contribution in [1.29, 1.82) is 0 Å². The molecule has 0 spiro atoms. The maximum atomic E-state index is 13.9. The zero-order valence-electron chi connectivity index (χ0n) is 15.6. The van der Waals surface area contributed by atoms with Gasteiger partial charge < -0.3 is 19.5 Å². The Hall–Kier alpha value is -3.55. The quantitative estimate of drug-likeness (QED) is 0.610. The molecule has 7 nitrogen and oxygen atoms in total. The number of carbonyl (C=O) groups excluding carboxylic acids is 2. The summed E-state index contributed by atoms with van der Waals surface area (Å²) >= 11 is 0. The van der Waals surface area contributed by atoms with E-state index < -0.39 is 17.8 Å². The Balaban J connectivity index is 1.92. The molecule has 0 radical (unpaired) electrons. The molecular formula is C20H19FN2O5. The van der Waals surface area contributed by atoms with Crippen molar-refractivity contribution in [3.8, 4) is 17.2 Å². The Labute approximate surface area is 161 Å². The second-order valence-corrected chi connectivity index (χ2v) is 5.92. The summed E-state index contributed by atoms with van der Waals surface area (Å²) in [7, 11) is 4.46. The summed E-state index contributed by atoms with van der Waals surface area (Å²) in [6, 6.07) is 8.60. The third-order valence-electron chi connectivity index (χ3n) is 4.28. The van der Waals surface area contributed by atoms with E-state index in [2.05, 4.69) is 5.32 Å². The molecule has 3 amide bonds. The van der Waals surface area contributed by atoms with E-state index in [1.54, 1.807) is 24.3 Å². The zero-order valence-corrected chi connectivity index (χ0v) is 15.6. The largest absolute Gasteiger partial charge is 0.496 e. The molecule has 0 saturated carbocycles. The Bertz CT molecular complexity index is 958. The van der Waals surface area contributed by atoms with Gasteiger partial charge in [-0.3, -0.25) is 9.69 Å². The summed E-state index contributed by atoms with van der Waals surface area (Å²) in [5, 5.41) is 2.51. The van der Waals surface area contributed by atoms with Crippen LogP contribution in [0.4, 0.5) is 9.18 Å². The highest BCUT2D eigenvalue weighted by molar-refractivity contribution is 6.14. The monoisotopic (exact) mass is 386 g/mol. The van der Waals surface area contributed by atoms with Crippen molar-refractivity contribution in [1.82, 2.24) is 10.2 Å². The van der Waals surface area contributed by atoms with Crippen LogP contribution in [0.5, 0.6) is 17.2 Å². The number of hydrogen-bond donors (Lipinski definition) is 1. The van der Waals surface area contributed by atoms with Crippen LogP contribution in [0.25, 0.3) is 6.08 Å². The predicted octanol–water partition coefficient (Wildman–Crippen LogP) is 2.94. The fourth-order valence-electron chi connectivity index (χ4n) is 2.83. The summed E-state index contributed by atoms with van der Waals surface area (Å²) in [4.78, 5) is 25.8. The molecule has 146 valence electrons. The average molecular weight is 386 g/mol. The van der Waals surface area contributed by atoms with Crippen molar-refractivity contribution in [2.24, 2.45) is 0 Å². The van der Waals surface area contributed by atoms with Crippen LogP contribution in [0.1, 0.15) is 11.1 Å². The smallest absolute Gasteiger partial charge is 0.329 e. The molecular weight excluding hydrogens is 367 g/mol. The van der Waals surface area contributed by atoms with E-state index >= 15 is 0 Å². The first-order valence-corrected chi connectivity index (χ1v) is 8.36. The standard InChI is InChI=1S/C20H19FN2O5/c1-26-16-10-18(28-3)17(27-2)9-13(16)8-15-19(24)23(20(25)22-15)11-12-6-4-5-7-14(12)21/h4-10H,11H2,1-3H3,(H,22,25)/b15-8+. The average Bonchev–Trinajstić information content (AvgIpc) is 2.96. The fraction of sp³-hybridized carbons (Fsp3) is 0.200. The van der Waals surface area contributed by atoms with E-state index in [0.717, 1.165) is 4.90 Å². The number of nitrogens with zero attached hydrogens (tertiary/aromatic N) is 1.